The molecule has 0 unspecified atom stereocenters. The number of hydrogen-bond acceptors (Lipinski definition) is 4. The minimum Gasteiger partial charge on any atom is -0.347 e. The van der Waals surface area contributed by atoms with Crippen LogP contribution in [0.2, 0.25) is 0 Å². The van der Waals surface area contributed by atoms with Crippen molar-refractivity contribution in [2.75, 3.05) is 0 Å². The van der Waals surface area contributed by atoms with Crippen LogP contribution in [0.3, 0.4) is 0 Å². The van der Waals surface area contributed by atoms with E-state index in [1.807, 2.05) is 30.3 Å². The summed E-state index contributed by atoms with van der Waals surface area (Å²) in [6.07, 6.45) is 1.30. The molecular formula is C23H19N3O4. The SMILES string of the molecule is O=C(NCc1ccccc1)C(=Cc1ccccc1[N+](=O)[O-])NC(=O)c1ccccc1. The van der Waals surface area contributed by atoms with Crippen molar-refractivity contribution in [3.63, 3.8) is 0 Å². The molecule has 30 heavy (non-hydrogen) atoms. The fourth-order valence-corrected chi connectivity index (χ4v) is 2.75. The van der Waals surface area contributed by atoms with E-state index in [9.17, 15) is 19.7 Å². The van der Waals surface area contributed by atoms with E-state index in [-0.39, 0.29) is 23.5 Å². The lowest BCUT2D eigenvalue weighted by Gasteiger charge is -2.11. The third-order valence-electron chi connectivity index (χ3n) is 4.26. The van der Waals surface area contributed by atoms with Gasteiger partial charge in [-0.3, -0.25) is 19.7 Å². The molecule has 0 aliphatic carbocycles. The Balaban J connectivity index is 1.89. The summed E-state index contributed by atoms with van der Waals surface area (Å²) in [4.78, 5) is 36.2. The highest BCUT2D eigenvalue weighted by molar-refractivity contribution is 6.05. The van der Waals surface area contributed by atoms with E-state index in [0.717, 1.165) is 5.56 Å². The minimum absolute atomic E-state index is 0.0888. The Morgan fingerprint density at radius 2 is 1.47 bits per heavy atom. The first-order valence-corrected chi connectivity index (χ1v) is 9.18. The molecule has 3 aromatic carbocycles. The van der Waals surface area contributed by atoms with E-state index < -0.39 is 16.7 Å². The van der Waals surface area contributed by atoms with Crippen molar-refractivity contribution in [3.8, 4) is 0 Å². The van der Waals surface area contributed by atoms with Gasteiger partial charge in [-0.05, 0) is 29.8 Å². The summed E-state index contributed by atoms with van der Waals surface area (Å²) in [7, 11) is 0. The highest BCUT2D eigenvalue weighted by atomic mass is 16.6. The summed E-state index contributed by atoms with van der Waals surface area (Å²) in [5.41, 5.74) is 1.20. The Morgan fingerprint density at radius 1 is 0.867 bits per heavy atom. The van der Waals surface area contributed by atoms with Crippen LogP contribution in [0.5, 0.6) is 0 Å². The standard InChI is InChI=1S/C23H19N3O4/c27-22(18-11-5-2-6-12-18)25-20(15-19-13-7-8-14-21(19)26(29)30)23(28)24-16-17-9-3-1-4-10-17/h1-15H,16H2,(H,24,28)(H,25,27). The molecule has 0 radical (unpaired) electrons. The van der Waals surface area contributed by atoms with Crippen molar-refractivity contribution in [1.29, 1.82) is 0 Å². The van der Waals surface area contributed by atoms with Crippen LogP contribution in [0.4, 0.5) is 5.69 Å². The van der Waals surface area contributed by atoms with Gasteiger partial charge >= 0.3 is 0 Å². The van der Waals surface area contributed by atoms with Crippen LogP contribution in [0.1, 0.15) is 21.5 Å². The van der Waals surface area contributed by atoms with Gasteiger partial charge in [0.2, 0.25) is 0 Å². The zero-order valence-electron chi connectivity index (χ0n) is 15.9. The number of hydrogen-bond donors (Lipinski definition) is 2. The van der Waals surface area contributed by atoms with E-state index in [1.165, 1.54) is 24.3 Å². The number of carbonyl (C=O) groups is 2. The van der Waals surface area contributed by atoms with Gasteiger partial charge in [-0.1, -0.05) is 60.7 Å². The molecule has 150 valence electrons. The predicted octanol–water partition coefficient (Wildman–Crippen LogP) is 3.68. The van der Waals surface area contributed by atoms with Crippen molar-refractivity contribution in [3.05, 3.63) is 117 Å². The number of benzene rings is 3. The van der Waals surface area contributed by atoms with Crippen molar-refractivity contribution in [1.82, 2.24) is 10.6 Å². The maximum absolute atomic E-state index is 12.8. The van der Waals surface area contributed by atoms with Crippen molar-refractivity contribution >= 4 is 23.6 Å². The van der Waals surface area contributed by atoms with Crippen LogP contribution in [0, 0.1) is 10.1 Å². The lowest BCUT2D eigenvalue weighted by atomic mass is 10.1. The summed E-state index contributed by atoms with van der Waals surface area (Å²) in [6, 6.07) is 23.7. The summed E-state index contributed by atoms with van der Waals surface area (Å²) in [5.74, 6) is -1.04. The smallest absolute Gasteiger partial charge is 0.276 e. The van der Waals surface area contributed by atoms with Gasteiger partial charge in [0.1, 0.15) is 5.70 Å². The number of nitro groups is 1. The Kier molecular flexibility index (Phi) is 6.68. The molecule has 0 saturated carbocycles. The molecule has 0 spiro atoms. The molecule has 0 aliphatic heterocycles. The third kappa shape index (κ3) is 5.39. The summed E-state index contributed by atoms with van der Waals surface area (Å²) >= 11 is 0. The molecule has 0 atom stereocenters. The van der Waals surface area contributed by atoms with Gasteiger partial charge in [-0.15, -0.1) is 0 Å². The van der Waals surface area contributed by atoms with Crippen LogP contribution >= 0.6 is 0 Å². The van der Waals surface area contributed by atoms with Gasteiger partial charge in [0, 0.05) is 18.2 Å². The summed E-state index contributed by atoms with van der Waals surface area (Å²) in [5, 5.41) is 16.6. The first-order chi connectivity index (χ1) is 14.5. The van der Waals surface area contributed by atoms with Gasteiger partial charge in [0.05, 0.1) is 10.5 Å². The van der Waals surface area contributed by atoms with Crippen LogP contribution in [-0.4, -0.2) is 16.7 Å². The van der Waals surface area contributed by atoms with Crippen LogP contribution in [-0.2, 0) is 11.3 Å². The molecular weight excluding hydrogens is 382 g/mol. The van der Waals surface area contributed by atoms with Crippen LogP contribution in [0.25, 0.3) is 6.08 Å². The van der Waals surface area contributed by atoms with E-state index in [1.54, 1.807) is 36.4 Å². The van der Waals surface area contributed by atoms with Crippen molar-refractivity contribution in [2.45, 2.75) is 6.54 Å². The second kappa shape index (κ2) is 9.79. The Bertz CT molecular complexity index is 1080. The molecule has 7 heteroatoms. The number of nitrogens with one attached hydrogen (secondary N) is 2. The van der Waals surface area contributed by atoms with Gasteiger partial charge in [0.25, 0.3) is 17.5 Å². The number of amides is 2. The molecule has 2 amide bonds. The van der Waals surface area contributed by atoms with E-state index in [0.29, 0.717) is 5.56 Å². The van der Waals surface area contributed by atoms with E-state index in [4.69, 9.17) is 0 Å². The average molecular weight is 401 g/mol. The van der Waals surface area contributed by atoms with Crippen molar-refractivity contribution < 1.29 is 14.5 Å². The fourth-order valence-electron chi connectivity index (χ4n) is 2.75. The fraction of sp³-hybridized carbons (Fsp3) is 0.0435. The number of carbonyl (C=O) groups excluding carboxylic acids is 2. The second-order valence-corrected chi connectivity index (χ2v) is 6.36. The Morgan fingerprint density at radius 3 is 2.13 bits per heavy atom. The van der Waals surface area contributed by atoms with Gasteiger partial charge in [0.15, 0.2) is 0 Å². The monoisotopic (exact) mass is 401 g/mol. The maximum atomic E-state index is 12.8. The highest BCUT2D eigenvalue weighted by Gasteiger charge is 2.17. The maximum Gasteiger partial charge on any atom is 0.276 e. The van der Waals surface area contributed by atoms with Gasteiger partial charge in [-0.25, -0.2) is 0 Å². The molecule has 0 heterocycles. The molecule has 0 saturated heterocycles. The zero-order chi connectivity index (χ0) is 21.3. The molecule has 3 rings (SSSR count). The topological polar surface area (TPSA) is 101 Å². The number of rotatable bonds is 7. The first-order valence-electron chi connectivity index (χ1n) is 9.18. The highest BCUT2D eigenvalue weighted by Crippen LogP contribution is 2.20. The van der Waals surface area contributed by atoms with Crippen molar-refractivity contribution in [2.24, 2.45) is 0 Å². The summed E-state index contributed by atoms with van der Waals surface area (Å²) < 4.78 is 0. The lowest BCUT2D eigenvalue weighted by molar-refractivity contribution is -0.385. The number of para-hydroxylation sites is 1. The van der Waals surface area contributed by atoms with Crippen LogP contribution in [0.15, 0.2) is 90.6 Å². The quantitative estimate of drug-likeness (QED) is 0.358. The molecule has 0 aromatic heterocycles. The number of nitro benzene ring substituents is 1. The molecule has 0 aliphatic rings. The molecule has 0 fully saturated rings. The normalized spacial score (nSPS) is 10.9. The predicted molar refractivity (Wildman–Crippen MR) is 113 cm³/mol. The molecule has 2 N–H and O–H groups in total. The van der Waals surface area contributed by atoms with Crippen LogP contribution < -0.4 is 10.6 Å². The lowest BCUT2D eigenvalue weighted by Crippen LogP contribution is -2.34. The van der Waals surface area contributed by atoms with E-state index >= 15 is 0 Å². The Hall–Kier alpha value is -4.26. The van der Waals surface area contributed by atoms with Gasteiger partial charge in [-0.2, -0.15) is 0 Å². The molecule has 0 bridgehead atoms. The van der Waals surface area contributed by atoms with Gasteiger partial charge < -0.3 is 10.6 Å². The second-order valence-electron chi connectivity index (χ2n) is 6.36. The molecule has 7 nitrogen and oxygen atoms in total. The van der Waals surface area contributed by atoms with E-state index in [2.05, 4.69) is 10.6 Å². The zero-order valence-corrected chi connectivity index (χ0v) is 15.9. The summed E-state index contributed by atoms with van der Waals surface area (Å²) in [6.45, 7) is 0.245. The minimum atomic E-state index is -0.554. The Labute approximate surface area is 173 Å². The number of nitrogens with zero attached hydrogens (tertiary/aromatic N) is 1. The molecule has 3 aromatic rings. The average Bonchev–Trinajstić information content (AvgIpc) is 2.78. The largest absolute Gasteiger partial charge is 0.347 e. The third-order valence-corrected chi connectivity index (χ3v) is 4.26. The first kappa shape index (κ1) is 20.5.